The van der Waals surface area contributed by atoms with Crippen molar-refractivity contribution >= 4 is 28.9 Å². The van der Waals surface area contributed by atoms with E-state index < -0.39 is 0 Å². The molecule has 4 rings (SSSR count). The van der Waals surface area contributed by atoms with Gasteiger partial charge in [0, 0.05) is 23.4 Å². The van der Waals surface area contributed by atoms with E-state index in [1.165, 1.54) is 0 Å². The smallest absolute Gasteiger partial charge is 0.249 e. The number of aliphatic imine (C=N–C) groups is 1. The van der Waals surface area contributed by atoms with Crippen LogP contribution in [0.3, 0.4) is 0 Å². The Kier molecular flexibility index (Phi) is 5.70. The summed E-state index contributed by atoms with van der Waals surface area (Å²) in [6.45, 7) is 2.43. The molecule has 30 heavy (non-hydrogen) atoms. The van der Waals surface area contributed by atoms with Crippen LogP contribution < -0.4 is 9.80 Å². The molecular formula is C25H23N3O2. The van der Waals surface area contributed by atoms with Crippen molar-refractivity contribution in [2.45, 2.75) is 6.92 Å². The predicted octanol–water partition coefficient (Wildman–Crippen LogP) is 3.92. The first-order valence-corrected chi connectivity index (χ1v) is 10.0. The molecule has 0 aromatic heterocycles. The third-order valence-corrected chi connectivity index (χ3v) is 5.15. The highest BCUT2D eigenvalue weighted by Gasteiger charge is 2.28. The van der Waals surface area contributed by atoms with Gasteiger partial charge < -0.3 is 9.80 Å². The minimum absolute atomic E-state index is 0.00362. The summed E-state index contributed by atoms with van der Waals surface area (Å²) in [5.74, 6) is -0.319. The second-order valence-electron chi connectivity index (χ2n) is 7.00. The number of likely N-dealkylation sites (N-methyl/N-ethyl adjacent to an activating group) is 1. The summed E-state index contributed by atoms with van der Waals surface area (Å²) < 4.78 is 0. The maximum Gasteiger partial charge on any atom is 0.249 e. The van der Waals surface area contributed by atoms with Gasteiger partial charge in [-0.25, -0.2) is 0 Å². The van der Waals surface area contributed by atoms with Crippen LogP contribution in [0.25, 0.3) is 0 Å². The summed E-state index contributed by atoms with van der Waals surface area (Å²) in [6.07, 6.45) is 0. The number of benzene rings is 3. The fourth-order valence-electron chi connectivity index (χ4n) is 3.71. The van der Waals surface area contributed by atoms with Crippen molar-refractivity contribution < 1.29 is 9.59 Å². The number of carbonyl (C=O) groups is 2. The Hall–Kier alpha value is -3.73. The van der Waals surface area contributed by atoms with E-state index in [0.29, 0.717) is 12.2 Å². The van der Waals surface area contributed by atoms with Crippen LogP contribution in [0.4, 0.5) is 11.4 Å². The van der Waals surface area contributed by atoms with Gasteiger partial charge in [-0.3, -0.25) is 14.6 Å². The number of benzodiazepines with no additional fused rings is 1. The van der Waals surface area contributed by atoms with Crippen molar-refractivity contribution in [3.63, 3.8) is 0 Å². The van der Waals surface area contributed by atoms with Crippen molar-refractivity contribution in [1.29, 1.82) is 0 Å². The van der Waals surface area contributed by atoms with E-state index in [1.54, 1.807) is 9.80 Å². The number of anilines is 2. The van der Waals surface area contributed by atoms with Gasteiger partial charge in [0.2, 0.25) is 11.8 Å². The first-order chi connectivity index (χ1) is 14.7. The molecule has 5 nitrogen and oxygen atoms in total. The second-order valence-corrected chi connectivity index (χ2v) is 7.00. The molecule has 1 heterocycles. The quantitative estimate of drug-likeness (QED) is 0.655. The summed E-state index contributed by atoms with van der Waals surface area (Å²) in [5, 5.41) is 0. The molecule has 0 N–H and O–H groups in total. The summed E-state index contributed by atoms with van der Waals surface area (Å²) in [7, 11) is 0. The highest BCUT2D eigenvalue weighted by atomic mass is 16.2. The molecule has 0 spiro atoms. The summed E-state index contributed by atoms with van der Waals surface area (Å²) in [5.41, 5.74) is 4.10. The Bertz CT molecular complexity index is 1080. The van der Waals surface area contributed by atoms with Crippen LogP contribution in [0.15, 0.2) is 89.9 Å². The minimum atomic E-state index is -0.189. The lowest BCUT2D eigenvalue weighted by atomic mass is 10.0. The molecule has 0 atom stereocenters. The maximum absolute atomic E-state index is 13.2. The number of rotatable bonds is 5. The Labute approximate surface area is 176 Å². The van der Waals surface area contributed by atoms with E-state index in [1.807, 2.05) is 91.9 Å². The first kappa shape index (κ1) is 19.6. The lowest BCUT2D eigenvalue weighted by Gasteiger charge is -2.27. The van der Waals surface area contributed by atoms with Crippen molar-refractivity contribution in [3.05, 3.63) is 96.1 Å². The van der Waals surface area contributed by atoms with Crippen molar-refractivity contribution in [3.8, 4) is 0 Å². The van der Waals surface area contributed by atoms with Crippen LogP contribution in [0, 0.1) is 0 Å². The summed E-state index contributed by atoms with van der Waals surface area (Å²) in [4.78, 5) is 34.0. The average molecular weight is 397 g/mol. The Balaban J connectivity index is 1.68. The Morgan fingerprint density at radius 3 is 2.27 bits per heavy atom. The zero-order valence-corrected chi connectivity index (χ0v) is 16.9. The normalized spacial score (nSPS) is 13.3. The molecule has 3 aromatic rings. The average Bonchev–Trinajstić information content (AvgIpc) is 2.93. The van der Waals surface area contributed by atoms with Crippen molar-refractivity contribution in [1.82, 2.24) is 0 Å². The van der Waals surface area contributed by atoms with Crippen LogP contribution in [0.5, 0.6) is 0 Å². The molecule has 150 valence electrons. The van der Waals surface area contributed by atoms with Gasteiger partial charge in [0.05, 0.1) is 11.4 Å². The van der Waals surface area contributed by atoms with Gasteiger partial charge in [-0.2, -0.15) is 0 Å². The third-order valence-electron chi connectivity index (χ3n) is 5.15. The molecule has 0 unspecified atom stereocenters. The zero-order chi connectivity index (χ0) is 20.9. The minimum Gasteiger partial charge on any atom is -0.311 e. The summed E-state index contributed by atoms with van der Waals surface area (Å²) in [6, 6.07) is 27.0. The first-order valence-electron chi connectivity index (χ1n) is 10.0. The van der Waals surface area contributed by atoms with Crippen LogP contribution in [0.1, 0.15) is 18.1 Å². The van der Waals surface area contributed by atoms with E-state index >= 15 is 0 Å². The zero-order valence-electron chi connectivity index (χ0n) is 16.9. The number of nitrogens with zero attached hydrogens (tertiary/aromatic N) is 3. The van der Waals surface area contributed by atoms with Gasteiger partial charge in [0.25, 0.3) is 0 Å². The molecule has 0 aliphatic carbocycles. The number of carbonyl (C=O) groups excluding carboxylic acids is 2. The molecule has 0 saturated heterocycles. The highest BCUT2D eigenvalue weighted by molar-refractivity contribution is 6.20. The van der Waals surface area contributed by atoms with E-state index in [0.717, 1.165) is 22.5 Å². The fourth-order valence-corrected chi connectivity index (χ4v) is 3.71. The van der Waals surface area contributed by atoms with Crippen LogP contribution in [-0.2, 0) is 9.59 Å². The molecule has 1 aliphatic rings. The largest absolute Gasteiger partial charge is 0.311 e. The number of hydrogen-bond acceptors (Lipinski definition) is 3. The van der Waals surface area contributed by atoms with E-state index in [-0.39, 0.29) is 24.9 Å². The molecular weight excluding hydrogens is 374 g/mol. The number of hydrogen-bond donors (Lipinski definition) is 0. The van der Waals surface area contributed by atoms with Gasteiger partial charge in [0.1, 0.15) is 13.1 Å². The topological polar surface area (TPSA) is 53.0 Å². The Morgan fingerprint density at radius 2 is 1.57 bits per heavy atom. The monoisotopic (exact) mass is 397 g/mol. The molecule has 5 heteroatoms. The van der Waals surface area contributed by atoms with Gasteiger partial charge >= 0.3 is 0 Å². The number of para-hydroxylation sites is 2. The van der Waals surface area contributed by atoms with Crippen molar-refractivity contribution in [2.75, 3.05) is 29.4 Å². The third kappa shape index (κ3) is 3.87. The highest BCUT2D eigenvalue weighted by Crippen LogP contribution is 2.27. The SMILES string of the molecule is CCN(C(=O)CN1C(=O)CN=C(c2ccccc2)c2ccccc21)c1ccccc1. The molecule has 0 radical (unpaired) electrons. The van der Waals surface area contributed by atoms with Gasteiger partial charge in [0.15, 0.2) is 0 Å². The lowest BCUT2D eigenvalue weighted by Crippen LogP contribution is -2.44. The molecule has 0 saturated carbocycles. The fraction of sp³-hybridized carbons (Fsp3) is 0.160. The summed E-state index contributed by atoms with van der Waals surface area (Å²) >= 11 is 0. The number of amides is 2. The molecule has 0 bridgehead atoms. The predicted molar refractivity (Wildman–Crippen MR) is 120 cm³/mol. The molecule has 2 amide bonds. The van der Waals surface area contributed by atoms with Crippen LogP contribution in [0.2, 0.25) is 0 Å². The van der Waals surface area contributed by atoms with Gasteiger partial charge in [-0.1, -0.05) is 66.7 Å². The maximum atomic E-state index is 13.2. The van der Waals surface area contributed by atoms with E-state index in [4.69, 9.17) is 0 Å². The standard InChI is InChI=1S/C25H23N3O2/c1-2-27(20-13-7-4-8-14-20)24(30)18-28-22-16-10-9-15-21(22)25(26-17-23(28)29)19-11-5-3-6-12-19/h3-16H,2,17-18H2,1H3. The van der Waals surface area contributed by atoms with Gasteiger partial charge in [-0.15, -0.1) is 0 Å². The van der Waals surface area contributed by atoms with Crippen molar-refractivity contribution in [2.24, 2.45) is 4.99 Å². The van der Waals surface area contributed by atoms with Crippen LogP contribution in [-0.4, -0.2) is 37.2 Å². The molecule has 1 aliphatic heterocycles. The Morgan fingerprint density at radius 1 is 0.933 bits per heavy atom. The molecule has 0 fully saturated rings. The van der Waals surface area contributed by atoms with E-state index in [9.17, 15) is 9.59 Å². The van der Waals surface area contributed by atoms with E-state index in [2.05, 4.69) is 4.99 Å². The van der Waals surface area contributed by atoms with Crippen LogP contribution >= 0.6 is 0 Å². The molecule has 3 aromatic carbocycles. The second kappa shape index (κ2) is 8.74. The lowest BCUT2D eigenvalue weighted by molar-refractivity contribution is -0.121. The number of fused-ring (bicyclic) bond motifs is 1. The van der Waals surface area contributed by atoms with Gasteiger partial charge in [-0.05, 0) is 25.1 Å².